The predicted octanol–water partition coefficient (Wildman–Crippen LogP) is 3.59. The number of ether oxygens (including phenoxy) is 2. The smallest absolute Gasteiger partial charge is 0.274 e. The van der Waals surface area contributed by atoms with Crippen LogP contribution >= 0.6 is 0 Å². The zero-order valence-corrected chi connectivity index (χ0v) is 19.7. The van der Waals surface area contributed by atoms with Gasteiger partial charge in [0.2, 0.25) is 0 Å². The number of fused-ring (bicyclic) bond motifs is 3. The van der Waals surface area contributed by atoms with Gasteiger partial charge in [0.05, 0.1) is 30.4 Å². The number of benzene rings is 2. The van der Waals surface area contributed by atoms with Crippen LogP contribution in [0.1, 0.15) is 52.2 Å². The molecule has 1 unspecified atom stereocenters. The number of carbonyl (C=O) groups is 1. The number of imidazole rings is 1. The van der Waals surface area contributed by atoms with Gasteiger partial charge in [-0.2, -0.15) is 0 Å². The molecule has 1 N–H and O–H groups in total. The standard InChI is InChI=1S/C27H28N4O4/c1-17-13-22-21(29-26(32)23-15-28-25(31(22)23)19-7-10-34-11-8-19)14-20(17)27(33)30-9-12-35-24(16-30)18-5-3-2-4-6-18/h2-6,13-15,19,24H,7-12,16H2,1H3,(H,29,32). The molecule has 4 heterocycles. The normalized spacial score (nSPS) is 19.5. The highest BCUT2D eigenvalue weighted by Gasteiger charge is 2.28. The van der Waals surface area contributed by atoms with E-state index in [1.807, 2.05) is 58.7 Å². The molecule has 1 atom stereocenters. The van der Waals surface area contributed by atoms with Gasteiger partial charge in [0.15, 0.2) is 0 Å². The van der Waals surface area contributed by atoms with E-state index in [9.17, 15) is 9.59 Å². The number of carbonyl (C=O) groups excluding carboxylic acids is 1. The lowest BCUT2D eigenvalue weighted by atomic mass is 9.99. The lowest BCUT2D eigenvalue weighted by Crippen LogP contribution is -2.42. The number of nitrogens with zero attached hydrogens (tertiary/aromatic N) is 3. The fourth-order valence-corrected chi connectivity index (χ4v) is 5.29. The van der Waals surface area contributed by atoms with Crippen LogP contribution in [-0.4, -0.2) is 58.1 Å². The van der Waals surface area contributed by atoms with Crippen molar-refractivity contribution < 1.29 is 14.3 Å². The number of H-pyrrole nitrogens is 1. The van der Waals surface area contributed by atoms with Crippen LogP contribution in [0.4, 0.5) is 0 Å². The van der Waals surface area contributed by atoms with Crippen molar-refractivity contribution in [3.05, 3.63) is 81.5 Å². The number of aromatic amines is 1. The first-order chi connectivity index (χ1) is 17.1. The van der Waals surface area contributed by atoms with Crippen LogP contribution in [0.25, 0.3) is 16.6 Å². The molecular formula is C27H28N4O4. The Kier molecular flexibility index (Phi) is 5.62. The molecule has 0 radical (unpaired) electrons. The number of morpholine rings is 1. The van der Waals surface area contributed by atoms with Crippen molar-refractivity contribution in [3.63, 3.8) is 0 Å². The predicted molar refractivity (Wildman–Crippen MR) is 132 cm³/mol. The van der Waals surface area contributed by atoms with Crippen LogP contribution < -0.4 is 5.56 Å². The second kappa shape index (κ2) is 8.94. The summed E-state index contributed by atoms with van der Waals surface area (Å²) in [6.07, 6.45) is 3.25. The van der Waals surface area contributed by atoms with Crippen LogP contribution in [0, 0.1) is 6.92 Å². The van der Waals surface area contributed by atoms with Gasteiger partial charge in [-0.1, -0.05) is 30.3 Å². The van der Waals surface area contributed by atoms with Gasteiger partial charge in [0, 0.05) is 31.2 Å². The zero-order chi connectivity index (χ0) is 23.9. The molecule has 8 nitrogen and oxygen atoms in total. The highest BCUT2D eigenvalue weighted by Crippen LogP contribution is 2.29. The largest absolute Gasteiger partial charge is 0.381 e. The van der Waals surface area contributed by atoms with Gasteiger partial charge in [0.1, 0.15) is 17.4 Å². The van der Waals surface area contributed by atoms with E-state index in [4.69, 9.17) is 9.47 Å². The van der Waals surface area contributed by atoms with Crippen LogP contribution in [-0.2, 0) is 9.47 Å². The number of hydrogen-bond acceptors (Lipinski definition) is 5. The molecule has 8 heteroatoms. The van der Waals surface area contributed by atoms with E-state index < -0.39 is 0 Å². The summed E-state index contributed by atoms with van der Waals surface area (Å²) in [7, 11) is 0. The average Bonchev–Trinajstić information content (AvgIpc) is 3.36. The Morgan fingerprint density at radius 3 is 2.69 bits per heavy atom. The topological polar surface area (TPSA) is 88.9 Å². The fourth-order valence-electron chi connectivity index (χ4n) is 5.29. The van der Waals surface area contributed by atoms with Crippen molar-refractivity contribution in [2.24, 2.45) is 0 Å². The summed E-state index contributed by atoms with van der Waals surface area (Å²) in [6, 6.07) is 13.8. The number of nitrogens with one attached hydrogen (secondary N) is 1. The van der Waals surface area contributed by atoms with E-state index in [0.29, 0.717) is 49.5 Å². The summed E-state index contributed by atoms with van der Waals surface area (Å²) in [4.78, 5) is 35.9. The molecule has 0 spiro atoms. The van der Waals surface area contributed by atoms with Gasteiger partial charge in [-0.15, -0.1) is 0 Å². The Bertz CT molecular complexity index is 1450. The molecule has 0 bridgehead atoms. The third-order valence-electron chi connectivity index (χ3n) is 7.20. The first kappa shape index (κ1) is 22.0. The average molecular weight is 473 g/mol. The Morgan fingerprint density at radius 1 is 1.09 bits per heavy atom. The molecule has 1 amide bonds. The fraction of sp³-hybridized carbons (Fsp3) is 0.370. The van der Waals surface area contributed by atoms with Crippen molar-refractivity contribution in [3.8, 4) is 0 Å². The summed E-state index contributed by atoms with van der Waals surface area (Å²) < 4.78 is 13.4. The maximum atomic E-state index is 13.6. The van der Waals surface area contributed by atoms with E-state index in [2.05, 4.69) is 9.97 Å². The highest BCUT2D eigenvalue weighted by atomic mass is 16.5. The number of aromatic nitrogens is 3. The van der Waals surface area contributed by atoms with E-state index in [1.54, 1.807) is 6.20 Å². The lowest BCUT2D eigenvalue weighted by Gasteiger charge is -2.33. The number of amides is 1. The van der Waals surface area contributed by atoms with Crippen LogP contribution in [0.2, 0.25) is 0 Å². The van der Waals surface area contributed by atoms with Crippen LogP contribution in [0.15, 0.2) is 53.5 Å². The molecule has 2 saturated heterocycles. The van der Waals surface area contributed by atoms with E-state index >= 15 is 0 Å². The molecular weight excluding hydrogens is 444 g/mol. The molecule has 2 aromatic heterocycles. The number of aryl methyl sites for hydroxylation is 1. The van der Waals surface area contributed by atoms with E-state index in [0.717, 1.165) is 35.3 Å². The molecule has 35 heavy (non-hydrogen) atoms. The lowest BCUT2D eigenvalue weighted by molar-refractivity contribution is -0.0228. The molecule has 0 aliphatic carbocycles. The molecule has 2 fully saturated rings. The van der Waals surface area contributed by atoms with Gasteiger partial charge in [0.25, 0.3) is 11.5 Å². The van der Waals surface area contributed by atoms with Gasteiger partial charge in [-0.05, 0) is 43.0 Å². The van der Waals surface area contributed by atoms with Gasteiger partial charge >= 0.3 is 0 Å². The van der Waals surface area contributed by atoms with E-state index in [1.165, 1.54) is 0 Å². The summed E-state index contributed by atoms with van der Waals surface area (Å²) in [6.45, 7) is 4.85. The van der Waals surface area contributed by atoms with Crippen molar-refractivity contribution in [2.75, 3.05) is 32.9 Å². The van der Waals surface area contributed by atoms with Gasteiger partial charge in [-0.25, -0.2) is 4.98 Å². The molecule has 2 aromatic carbocycles. The minimum Gasteiger partial charge on any atom is -0.381 e. The second-order valence-electron chi connectivity index (χ2n) is 9.38. The Hall–Kier alpha value is -3.49. The summed E-state index contributed by atoms with van der Waals surface area (Å²) >= 11 is 0. The Balaban J connectivity index is 1.38. The SMILES string of the molecule is Cc1cc2c(cc1C(=O)N1CCOC(c3ccccc3)C1)[nH]c(=O)c1cnc(C3CCOCC3)n12. The summed E-state index contributed by atoms with van der Waals surface area (Å²) in [5, 5.41) is 0. The summed E-state index contributed by atoms with van der Waals surface area (Å²) in [5.74, 6) is 1.07. The van der Waals surface area contributed by atoms with Crippen LogP contribution in [0.5, 0.6) is 0 Å². The monoisotopic (exact) mass is 472 g/mol. The third kappa shape index (κ3) is 3.92. The minimum atomic E-state index is -0.207. The highest BCUT2D eigenvalue weighted by molar-refractivity contribution is 5.99. The second-order valence-corrected chi connectivity index (χ2v) is 9.38. The Labute approximate surface area is 202 Å². The molecule has 0 saturated carbocycles. The molecule has 180 valence electrons. The molecule has 6 rings (SSSR count). The number of hydrogen-bond donors (Lipinski definition) is 1. The minimum absolute atomic E-state index is 0.0511. The quantitative estimate of drug-likeness (QED) is 0.492. The van der Waals surface area contributed by atoms with Crippen molar-refractivity contribution >= 4 is 22.5 Å². The third-order valence-corrected chi connectivity index (χ3v) is 7.20. The number of rotatable bonds is 3. The molecule has 2 aliphatic rings. The first-order valence-electron chi connectivity index (χ1n) is 12.2. The van der Waals surface area contributed by atoms with Gasteiger partial charge < -0.3 is 19.4 Å². The van der Waals surface area contributed by atoms with Crippen LogP contribution in [0.3, 0.4) is 0 Å². The van der Waals surface area contributed by atoms with Crippen molar-refractivity contribution in [1.82, 2.24) is 19.3 Å². The maximum absolute atomic E-state index is 13.6. The maximum Gasteiger partial charge on any atom is 0.274 e. The van der Waals surface area contributed by atoms with E-state index in [-0.39, 0.29) is 23.5 Å². The van der Waals surface area contributed by atoms with Gasteiger partial charge in [-0.3, -0.25) is 14.0 Å². The zero-order valence-electron chi connectivity index (χ0n) is 19.7. The molecule has 2 aliphatic heterocycles. The first-order valence-corrected chi connectivity index (χ1v) is 12.2. The van der Waals surface area contributed by atoms with Crippen molar-refractivity contribution in [2.45, 2.75) is 31.8 Å². The summed E-state index contributed by atoms with van der Waals surface area (Å²) in [5.41, 5.74) is 4.33. The Morgan fingerprint density at radius 2 is 1.89 bits per heavy atom. The van der Waals surface area contributed by atoms with Crippen molar-refractivity contribution in [1.29, 1.82) is 0 Å². The molecule has 4 aromatic rings.